The summed E-state index contributed by atoms with van der Waals surface area (Å²) in [5, 5.41) is 3.97. The largest absolute Gasteiger partial charge is 0.372 e. The van der Waals surface area contributed by atoms with E-state index in [-0.39, 0.29) is 18.2 Å². The fourth-order valence-corrected chi connectivity index (χ4v) is 3.23. The highest BCUT2D eigenvalue weighted by Gasteiger charge is 2.40. The lowest BCUT2D eigenvalue weighted by atomic mass is 10.1. The summed E-state index contributed by atoms with van der Waals surface area (Å²) in [5.41, 5.74) is 3.17. The Morgan fingerprint density at radius 1 is 1.12 bits per heavy atom. The zero-order chi connectivity index (χ0) is 17.4. The summed E-state index contributed by atoms with van der Waals surface area (Å²) in [5.74, 6) is -0.504. The molecule has 0 spiro atoms. The average Bonchev–Trinajstić information content (AvgIpc) is 2.80. The molecule has 2 amide bonds. The second kappa shape index (κ2) is 6.46. The van der Waals surface area contributed by atoms with Gasteiger partial charge in [-0.1, -0.05) is 35.3 Å². The Balaban J connectivity index is 1.88. The molecule has 24 heavy (non-hydrogen) atoms. The van der Waals surface area contributed by atoms with Crippen LogP contribution in [0.5, 0.6) is 0 Å². The van der Waals surface area contributed by atoms with Crippen LogP contribution in [0.3, 0.4) is 0 Å². The molecule has 1 heterocycles. The van der Waals surface area contributed by atoms with Gasteiger partial charge in [0.15, 0.2) is 0 Å². The predicted octanol–water partition coefficient (Wildman–Crippen LogP) is 4.35. The molecule has 1 aliphatic rings. The van der Waals surface area contributed by atoms with Gasteiger partial charge in [0.1, 0.15) is 6.04 Å². The van der Waals surface area contributed by atoms with Gasteiger partial charge in [-0.15, -0.1) is 0 Å². The summed E-state index contributed by atoms with van der Waals surface area (Å²) in [6.45, 7) is 3.86. The number of nitrogens with one attached hydrogen (secondary N) is 1. The molecule has 1 aliphatic heterocycles. The molecule has 6 heteroatoms. The lowest BCUT2D eigenvalue weighted by molar-refractivity contribution is -0.121. The van der Waals surface area contributed by atoms with E-state index in [4.69, 9.17) is 23.2 Å². The van der Waals surface area contributed by atoms with Gasteiger partial charge in [0.05, 0.1) is 22.8 Å². The van der Waals surface area contributed by atoms with Crippen LogP contribution < -0.4 is 10.2 Å². The van der Waals surface area contributed by atoms with Crippen LogP contribution in [-0.4, -0.2) is 17.9 Å². The van der Waals surface area contributed by atoms with Gasteiger partial charge >= 0.3 is 0 Å². The van der Waals surface area contributed by atoms with Crippen LogP contribution in [0.15, 0.2) is 36.4 Å². The first kappa shape index (κ1) is 16.8. The summed E-state index contributed by atoms with van der Waals surface area (Å²) in [7, 11) is 0. The van der Waals surface area contributed by atoms with Gasteiger partial charge in [0, 0.05) is 5.02 Å². The molecule has 3 rings (SSSR count). The van der Waals surface area contributed by atoms with Crippen LogP contribution in [0, 0.1) is 13.8 Å². The van der Waals surface area contributed by atoms with E-state index in [2.05, 4.69) is 5.32 Å². The number of imide groups is 1. The van der Waals surface area contributed by atoms with Crippen LogP contribution in [0.4, 0.5) is 11.4 Å². The van der Waals surface area contributed by atoms with E-state index in [1.165, 1.54) is 4.90 Å². The van der Waals surface area contributed by atoms with Crippen LogP contribution in [0.2, 0.25) is 10.0 Å². The number of halogens is 2. The number of hydrogen-bond acceptors (Lipinski definition) is 3. The summed E-state index contributed by atoms with van der Waals surface area (Å²) < 4.78 is 0. The third-order valence-corrected chi connectivity index (χ3v) is 4.77. The first-order valence-electron chi connectivity index (χ1n) is 7.53. The molecular weight excluding hydrogens is 347 g/mol. The van der Waals surface area contributed by atoms with Crippen LogP contribution >= 0.6 is 23.2 Å². The van der Waals surface area contributed by atoms with Gasteiger partial charge in [-0.3, -0.25) is 9.59 Å². The van der Waals surface area contributed by atoms with Crippen molar-refractivity contribution < 1.29 is 9.59 Å². The number of carbonyl (C=O) groups is 2. The Kier molecular flexibility index (Phi) is 4.52. The van der Waals surface area contributed by atoms with E-state index in [0.29, 0.717) is 21.4 Å². The minimum absolute atomic E-state index is 0.0885. The molecule has 1 N–H and O–H groups in total. The summed E-state index contributed by atoms with van der Waals surface area (Å²) in [6.07, 6.45) is 0.0885. The molecule has 0 radical (unpaired) electrons. The number of anilines is 2. The van der Waals surface area contributed by atoms with Crippen molar-refractivity contribution >= 4 is 46.4 Å². The van der Waals surface area contributed by atoms with Crippen molar-refractivity contribution in [2.75, 3.05) is 10.2 Å². The lowest BCUT2D eigenvalue weighted by Crippen LogP contribution is -2.35. The lowest BCUT2D eigenvalue weighted by Gasteiger charge is -2.19. The number of amides is 2. The first-order chi connectivity index (χ1) is 11.4. The van der Waals surface area contributed by atoms with Crippen molar-refractivity contribution in [3.8, 4) is 0 Å². The van der Waals surface area contributed by atoms with Gasteiger partial charge in [-0.25, -0.2) is 4.90 Å². The first-order valence-corrected chi connectivity index (χ1v) is 8.28. The fraction of sp³-hybridized carbons (Fsp3) is 0.222. The van der Waals surface area contributed by atoms with Crippen molar-refractivity contribution in [3.05, 3.63) is 57.6 Å². The molecule has 2 aromatic carbocycles. The van der Waals surface area contributed by atoms with Gasteiger partial charge < -0.3 is 5.32 Å². The van der Waals surface area contributed by atoms with Crippen molar-refractivity contribution in [2.45, 2.75) is 26.3 Å². The maximum atomic E-state index is 12.7. The molecular formula is C18H16Cl2N2O2. The SMILES string of the molecule is Cc1cccc(N2C(=O)CC(Nc3ccc(Cl)cc3Cl)C2=O)c1C. The number of carbonyl (C=O) groups excluding carboxylic acids is 2. The predicted molar refractivity (Wildman–Crippen MR) is 96.9 cm³/mol. The quantitative estimate of drug-likeness (QED) is 0.825. The molecule has 1 fully saturated rings. The monoisotopic (exact) mass is 362 g/mol. The molecule has 0 aliphatic carbocycles. The van der Waals surface area contributed by atoms with Gasteiger partial charge in [0.25, 0.3) is 5.91 Å². The standard InChI is InChI=1S/C18H16Cl2N2O2/c1-10-4-3-5-16(11(10)2)22-17(23)9-15(18(22)24)21-14-7-6-12(19)8-13(14)20/h3-8,15,21H,9H2,1-2H3. The van der Waals surface area contributed by atoms with Gasteiger partial charge in [-0.2, -0.15) is 0 Å². The normalized spacial score (nSPS) is 17.5. The second-order valence-electron chi connectivity index (χ2n) is 5.81. The van der Waals surface area contributed by atoms with Crippen molar-refractivity contribution in [1.29, 1.82) is 0 Å². The maximum Gasteiger partial charge on any atom is 0.256 e. The summed E-state index contributed by atoms with van der Waals surface area (Å²) in [4.78, 5) is 26.4. The summed E-state index contributed by atoms with van der Waals surface area (Å²) in [6, 6.07) is 9.91. The maximum absolute atomic E-state index is 12.7. The number of benzene rings is 2. The van der Waals surface area contributed by atoms with Crippen molar-refractivity contribution in [3.63, 3.8) is 0 Å². The van der Waals surface area contributed by atoms with Crippen molar-refractivity contribution in [1.82, 2.24) is 0 Å². The van der Waals surface area contributed by atoms with E-state index in [0.717, 1.165) is 11.1 Å². The number of hydrogen-bond donors (Lipinski definition) is 1. The third kappa shape index (κ3) is 2.99. The molecule has 2 aromatic rings. The Labute approximate surface area is 150 Å². The Bertz CT molecular complexity index is 836. The second-order valence-corrected chi connectivity index (χ2v) is 6.66. The van der Waals surface area contributed by atoms with Crippen LogP contribution in [0.25, 0.3) is 0 Å². The molecule has 124 valence electrons. The van der Waals surface area contributed by atoms with Gasteiger partial charge in [-0.05, 0) is 49.2 Å². The van der Waals surface area contributed by atoms with Crippen LogP contribution in [0.1, 0.15) is 17.5 Å². The Morgan fingerprint density at radius 2 is 1.88 bits per heavy atom. The number of aryl methyl sites for hydroxylation is 1. The number of rotatable bonds is 3. The highest BCUT2D eigenvalue weighted by Crippen LogP contribution is 2.31. The van der Waals surface area contributed by atoms with Crippen LogP contribution in [-0.2, 0) is 9.59 Å². The zero-order valence-corrected chi connectivity index (χ0v) is 14.8. The summed E-state index contributed by atoms with van der Waals surface area (Å²) >= 11 is 12.0. The third-order valence-electron chi connectivity index (χ3n) is 4.22. The van der Waals surface area contributed by atoms with E-state index in [1.54, 1.807) is 24.3 Å². The average molecular weight is 363 g/mol. The minimum atomic E-state index is -0.643. The molecule has 1 saturated heterocycles. The minimum Gasteiger partial charge on any atom is -0.372 e. The highest BCUT2D eigenvalue weighted by molar-refractivity contribution is 6.36. The fourth-order valence-electron chi connectivity index (χ4n) is 2.77. The van der Waals surface area contributed by atoms with E-state index < -0.39 is 6.04 Å². The topological polar surface area (TPSA) is 49.4 Å². The van der Waals surface area contributed by atoms with E-state index in [1.807, 2.05) is 26.0 Å². The molecule has 0 saturated carbocycles. The zero-order valence-electron chi connectivity index (χ0n) is 13.3. The molecule has 4 nitrogen and oxygen atoms in total. The van der Waals surface area contributed by atoms with E-state index in [9.17, 15) is 9.59 Å². The highest BCUT2D eigenvalue weighted by atomic mass is 35.5. The smallest absolute Gasteiger partial charge is 0.256 e. The molecule has 1 unspecified atom stereocenters. The molecule has 0 bridgehead atoms. The molecule has 0 aromatic heterocycles. The number of nitrogens with zero attached hydrogens (tertiary/aromatic N) is 1. The Hall–Kier alpha value is -2.04. The Morgan fingerprint density at radius 3 is 2.58 bits per heavy atom. The van der Waals surface area contributed by atoms with Gasteiger partial charge in [0.2, 0.25) is 5.91 Å². The van der Waals surface area contributed by atoms with E-state index >= 15 is 0 Å². The molecule has 1 atom stereocenters. The van der Waals surface area contributed by atoms with Crippen molar-refractivity contribution in [2.24, 2.45) is 0 Å².